The van der Waals surface area contributed by atoms with Gasteiger partial charge in [-0.3, -0.25) is 9.59 Å². The first-order chi connectivity index (χ1) is 17.9. The zero-order valence-electron chi connectivity index (χ0n) is 21.1. The summed E-state index contributed by atoms with van der Waals surface area (Å²) in [7, 11) is 3.15. The largest absolute Gasteiger partial charge is 0.507 e. The van der Waals surface area contributed by atoms with Crippen molar-refractivity contribution < 1.29 is 28.9 Å². The Bertz CT molecular complexity index is 1380. The van der Waals surface area contributed by atoms with Crippen LogP contribution in [-0.4, -0.2) is 48.6 Å². The van der Waals surface area contributed by atoms with Crippen LogP contribution in [0, 0.1) is 0 Å². The first kappa shape index (κ1) is 24.4. The number of aliphatic hydroxyl groups excluding tert-OH is 1. The number of nitrogens with zero attached hydrogens (tertiary/aromatic N) is 1. The molecule has 0 bridgehead atoms. The van der Waals surface area contributed by atoms with Gasteiger partial charge in [-0.1, -0.05) is 30.3 Å². The van der Waals surface area contributed by atoms with Crippen LogP contribution < -0.4 is 14.2 Å². The number of para-hydroxylation sites is 1. The fourth-order valence-electron chi connectivity index (χ4n) is 5.09. The lowest BCUT2D eigenvalue weighted by Gasteiger charge is -2.26. The normalized spacial score (nSPS) is 20.0. The molecule has 2 aliphatic rings. The highest BCUT2D eigenvalue weighted by Gasteiger charge is 2.46. The maximum atomic E-state index is 13.4. The molecule has 0 spiro atoms. The molecule has 1 amide bonds. The fourth-order valence-corrected chi connectivity index (χ4v) is 5.09. The Morgan fingerprint density at radius 2 is 1.78 bits per heavy atom. The molecule has 0 radical (unpaired) electrons. The van der Waals surface area contributed by atoms with E-state index in [1.165, 1.54) is 4.90 Å². The molecule has 2 aliphatic heterocycles. The highest BCUT2D eigenvalue weighted by Crippen LogP contribution is 2.43. The van der Waals surface area contributed by atoms with E-state index in [-0.39, 0.29) is 24.0 Å². The molecular formula is C30H29NO6. The summed E-state index contributed by atoms with van der Waals surface area (Å²) in [6.07, 6.45) is 1.28. The zero-order chi connectivity index (χ0) is 26.1. The number of rotatable bonds is 7. The van der Waals surface area contributed by atoms with E-state index in [9.17, 15) is 14.7 Å². The van der Waals surface area contributed by atoms with Crippen LogP contribution in [0.5, 0.6) is 17.2 Å². The first-order valence-corrected chi connectivity index (χ1v) is 12.3. The Morgan fingerprint density at radius 3 is 2.51 bits per heavy atom. The van der Waals surface area contributed by atoms with E-state index in [0.29, 0.717) is 29.7 Å². The number of fused-ring (bicyclic) bond motifs is 1. The van der Waals surface area contributed by atoms with Crippen molar-refractivity contribution in [3.05, 3.63) is 94.6 Å². The maximum Gasteiger partial charge on any atom is 0.295 e. The molecule has 2 unspecified atom stereocenters. The van der Waals surface area contributed by atoms with Crippen molar-refractivity contribution in [1.29, 1.82) is 0 Å². The lowest BCUT2D eigenvalue weighted by atomic mass is 9.93. The van der Waals surface area contributed by atoms with Crippen molar-refractivity contribution in [3.8, 4) is 17.2 Å². The van der Waals surface area contributed by atoms with Crippen molar-refractivity contribution in [2.24, 2.45) is 0 Å². The number of amides is 1. The van der Waals surface area contributed by atoms with E-state index in [2.05, 4.69) is 0 Å². The van der Waals surface area contributed by atoms with Crippen LogP contribution in [-0.2, 0) is 22.4 Å². The van der Waals surface area contributed by atoms with Crippen molar-refractivity contribution >= 4 is 17.4 Å². The van der Waals surface area contributed by atoms with Gasteiger partial charge in [0, 0.05) is 24.1 Å². The van der Waals surface area contributed by atoms with Gasteiger partial charge in [0.2, 0.25) is 0 Å². The van der Waals surface area contributed by atoms with Crippen molar-refractivity contribution in [3.63, 3.8) is 0 Å². The molecule has 1 saturated heterocycles. The maximum absolute atomic E-state index is 13.4. The molecule has 7 nitrogen and oxygen atoms in total. The molecular weight excluding hydrogens is 470 g/mol. The van der Waals surface area contributed by atoms with Crippen LogP contribution in [0.3, 0.4) is 0 Å². The highest BCUT2D eigenvalue weighted by molar-refractivity contribution is 6.46. The minimum Gasteiger partial charge on any atom is -0.507 e. The SMILES string of the molecule is COc1ccc(CCN2C(=O)C(=O)/C(=C(/O)c3ccc4c(c3)CC(C)O4)C2c2ccccc2OC)cc1. The van der Waals surface area contributed by atoms with Gasteiger partial charge in [0.1, 0.15) is 29.1 Å². The van der Waals surface area contributed by atoms with Gasteiger partial charge in [-0.15, -0.1) is 0 Å². The quantitative estimate of drug-likeness (QED) is 0.288. The number of carbonyl (C=O) groups excluding carboxylic acids is 2. The molecule has 0 aliphatic carbocycles. The van der Waals surface area contributed by atoms with Gasteiger partial charge >= 0.3 is 0 Å². The fraction of sp³-hybridized carbons (Fsp3) is 0.267. The van der Waals surface area contributed by atoms with E-state index in [4.69, 9.17) is 14.2 Å². The standard InChI is InChI=1S/C30H29NO6/c1-18-16-21-17-20(10-13-24(21)37-18)28(32)26-27(23-6-4-5-7-25(23)36-3)31(30(34)29(26)33)15-14-19-8-11-22(35-2)12-9-19/h4-13,17-18,27,32H,14-16H2,1-3H3/b28-26+. The average molecular weight is 500 g/mol. The molecule has 0 saturated carbocycles. The summed E-state index contributed by atoms with van der Waals surface area (Å²) in [5.74, 6) is 0.476. The number of likely N-dealkylation sites (tertiary alicyclic amines) is 1. The molecule has 1 fully saturated rings. The molecule has 0 aromatic heterocycles. The minimum atomic E-state index is -0.794. The predicted octanol–water partition coefficient (Wildman–Crippen LogP) is 4.69. The van der Waals surface area contributed by atoms with Gasteiger partial charge in [-0.25, -0.2) is 0 Å². The van der Waals surface area contributed by atoms with Crippen molar-refractivity contribution in [1.82, 2.24) is 4.90 Å². The van der Waals surface area contributed by atoms with E-state index in [1.54, 1.807) is 32.4 Å². The first-order valence-electron chi connectivity index (χ1n) is 12.3. The molecule has 190 valence electrons. The lowest BCUT2D eigenvalue weighted by molar-refractivity contribution is -0.139. The van der Waals surface area contributed by atoms with Gasteiger partial charge < -0.3 is 24.2 Å². The topological polar surface area (TPSA) is 85.3 Å². The number of ketones is 1. The number of hydrogen-bond donors (Lipinski definition) is 1. The van der Waals surface area contributed by atoms with Crippen LogP contribution in [0.25, 0.3) is 5.76 Å². The second kappa shape index (κ2) is 10.0. The zero-order valence-corrected chi connectivity index (χ0v) is 21.1. The monoisotopic (exact) mass is 499 g/mol. The van der Waals surface area contributed by atoms with Gasteiger partial charge in [0.15, 0.2) is 0 Å². The van der Waals surface area contributed by atoms with Crippen LogP contribution in [0.2, 0.25) is 0 Å². The van der Waals surface area contributed by atoms with Crippen LogP contribution in [0.1, 0.15) is 35.2 Å². The highest BCUT2D eigenvalue weighted by atomic mass is 16.5. The minimum absolute atomic E-state index is 0.0458. The Morgan fingerprint density at radius 1 is 1.03 bits per heavy atom. The van der Waals surface area contributed by atoms with Crippen LogP contribution in [0.4, 0.5) is 0 Å². The second-order valence-electron chi connectivity index (χ2n) is 9.29. The molecule has 2 heterocycles. The Hall–Kier alpha value is -4.26. The summed E-state index contributed by atoms with van der Waals surface area (Å²) < 4.78 is 16.6. The number of aliphatic hydroxyl groups is 1. The molecule has 3 aromatic carbocycles. The Balaban J connectivity index is 1.56. The summed E-state index contributed by atoms with van der Waals surface area (Å²) in [5.41, 5.74) is 3.12. The Labute approximate surface area is 215 Å². The van der Waals surface area contributed by atoms with Crippen molar-refractivity contribution in [2.45, 2.75) is 31.9 Å². The summed E-state index contributed by atoms with van der Waals surface area (Å²) in [5, 5.41) is 11.4. The predicted molar refractivity (Wildman–Crippen MR) is 139 cm³/mol. The smallest absolute Gasteiger partial charge is 0.295 e. The third-order valence-corrected chi connectivity index (χ3v) is 6.94. The summed E-state index contributed by atoms with van der Waals surface area (Å²) in [6.45, 7) is 2.27. The molecule has 1 N–H and O–H groups in total. The molecule has 7 heteroatoms. The number of Topliss-reactive ketones (excluding diaryl/α,β-unsaturated/α-hetero) is 1. The van der Waals surface area contributed by atoms with E-state index in [0.717, 1.165) is 22.6 Å². The second-order valence-corrected chi connectivity index (χ2v) is 9.29. The van der Waals surface area contributed by atoms with Crippen LogP contribution in [0.15, 0.2) is 72.3 Å². The molecule has 37 heavy (non-hydrogen) atoms. The van der Waals surface area contributed by atoms with Crippen LogP contribution >= 0.6 is 0 Å². The third-order valence-electron chi connectivity index (χ3n) is 6.94. The number of hydrogen-bond acceptors (Lipinski definition) is 6. The van der Waals surface area contributed by atoms with E-state index >= 15 is 0 Å². The van der Waals surface area contributed by atoms with Crippen molar-refractivity contribution in [2.75, 3.05) is 20.8 Å². The summed E-state index contributed by atoms with van der Waals surface area (Å²) in [4.78, 5) is 28.3. The third kappa shape index (κ3) is 4.53. The number of carbonyl (C=O) groups is 2. The summed E-state index contributed by atoms with van der Waals surface area (Å²) >= 11 is 0. The lowest BCUT2D eigenvalue weighted by Crippen LogP contribution is -2.31. The summed E-state index contributed by atoms with van der Waals surface area (Å²) in [6, 6.07) is 19.4. The number of methoxy groups -OCH3 is 2. The number of benzene rings is 3. The molecule has 2 atom stereocenters. The van der Waals surface area contributed by atoms with E-state index in [1.807, 2.05) is 55.5 Å². The average Bonchev–Trinajstić information content (AvgIpc) is 3.42. The van der Waals surface area contributed by atoms with Gasteiger partial charge in [-0.05, 0) is 60.9 Å². The van der Waals surface area contributed by atoms with Gasteiger partial charge in [-0.2, -0.15) is 0 Å². The number of ether oxygens (including phenoxy) is 3. The Kier molecular flexibility index (Phi) is 6.61. The van der Waals surface area contributed by atoms with Gasteiger partial charge in [0.05, 0.1) is 25.8 Å². The molecule has 5 rings (SSSR count). The van der Waals surface area contributed by atoms with E-state index < -0.39 is 17.7 Å². The molecule has 3 aromatic rings. The van der Waals surface area contributed by atoms with Gasteiger partial charge in [0.25, 0.3) is 11.7 Å².